The molecule has 1 aromatic heterocycles. The Labute approximate surface area is 129 Å². The van der Waals surface area contributed by atoms with Crippen molar-refractivity contribution >= 4 is 29.1 Å². The lowest BCUT2D eigenvalue weighted by Gasteiger charge is -2.28. The fraction of sp³-hybridized carbons (Fsp3) is 0.600. The molecule has 2 saturated carbocycles. The number of rotatable bonds is 3. The maximum atomic E-state index is 12.3. The van der Waals surface area contributed by atoms with Crippen LogP contribution in [0.25, 0.3) is 0 Å². The molecule has 108 valence electrons. The number of halogens is 2. The van der Waals surface area contributed by atoms with Crippen molar-refractivity contribution in [2.24, 2.45) is 17.8 Å². The number of nitrogens with zero attached hydrogens (tertiary/aromatic N) is 1. The predicted octanol–water partition coefficient (Wildman–Crippen LogP) is 3.94. The second kappa shape index (κ2) is 5.53. The molecule has 20 heavy (non-hydrogen) atoms. The second-order valence-electron chi connectivity index (χ2n) is 6.10. The number of pyridine rings is 1. The van der Waals surface area contributed by atoms with E-state index >= 15 is 0 Å². The summed E-state index contributed by atoms with van der Waals surface area (Å²) in [6.07, 6.45) is 5.29. The van der Waals surface area contributed by atoms with Crippen molar-refractivity contribution < 1.29 is 4.79 Å². The lowest BCUT2D eigenvalue weighted by atomic mass is 9.84. The number of hydrogen-bond acceptors (Lipinski definition) is 2. The van der Waals surface area contributed by atoms with Crippen LogP contribution in [0.3, 0.4) is 0 Å². The Morgan fingerprint density at radius 2 is 2.00 bits per heavy atom. The van der Waals surface area contributed by atoms with E-state index in [0.717, 1.165) is 11.8 Å². The fourth-order valence-electron chi connectivity index (χ4n) is 3.90. The van der Waals surface area contributed by atoms with Crippen LogP contribution in [0, 0.1) is 17.8 Å². The first-order valence-corrected chi connectivity index (χ1v) is 7.92. The van der Waals surface area contributed by atoms with Gasteiger partial charge in [-0.25, -0.2) is 4.98 Å². The molecule has 1 N–H and O–H groups in total. The third-order valence-corrected chi connectivity index (χ3v) is 5.21. The molecule has 0 unspecified atom stereocenters. The number of carbonyl (C=O) groups excluding carboxylic acids is 1. The minimum atomic E-state index is -0.119. The van der Waals surface area contributed by atoms with Gasteiger partial charge in [0.15, 0.2) is 0 Å². The van der Waals surface area contributed by atoms with Crippen LogP contribution in [-0.4, -0.2) is 16.9 Å². The topological polar surface area (TPSA) is 42.0 Å². The molecule has 0 aliphatic heterocycles. The predicted molar refractivity (Wildman–Crippen MR) is 80.1 cm³/mol. The molecule has 5 heteroatoms. The van der Waals surface area contributed by atoms with Crippen molar-refractivity contribution in [2.75, 3.05) is 0 Å². The Hall–Kier alpha value is -0.800. The molecular formula is C15H18Cl2N2O. The van der Waals surface area contributed by atoms with Crippen molar-refractivity contribution in [1.29, 1.82) is 0 Å². The van der Waals surface area contributed by atoms with Crippen LogP contribution < -0.4 is 5.32 Å². The lowest BCUT2D eigenvalue weighted by Crippen LogP contribution is -2.40. The van der Waals surface area contributed by atoms with E-state index in [1.165, 1.54) is 25.7 Å². The Morgan fingerprint density at radius 1 is 1.30 bits per heavy atom. The van der Waals surface area contributed by atoms with Gasteiger partial charge in [0.1, 0.15) is 10.3 Å². The molecule has 0 radical (unpaired) electrons. The second-order valence-corrected chi connectivity index (χ2v) is 6.88. The molecule has 0 saturated heterocycles. The van der Waals surface area contributed by atoms with Crippen LogP contribution in [0.2, 0.25) is 10.3 Å². The average Bonchev–Trinajstić information content (AvgIpc) is 2.99. The van der Waals surface area contributed by atoms with Gasteiger partial charge < -0.3 is 5.32 Å². The summed E-state index contributed by atoms with van der Waals surface area (Å²) in [7, 11) is 0. The Kier molecular flexibility index (Phi) is 3.91. The number of nitrogens with one attached hydrogen (secondary N) is 1. The van der Waals surface area contributed by atoms with E-state index in [-0.39, 0.29) is 22.3 Å². The van der Waals surface area contributed by atoms with Gasteiger partial charge in [0.2, 0.25) is 0 Å². The van der Waals surface area contributed by atoms with Crippen molar-refractivity contribution in [3.8, 4) is 0 Å². The SMILES string of the molecule is C[C@@H](NC(=O)c1cc(Cl)nc(Cl)c1)[C@H]1C[C@H]2CC[C@H]1C2. The molecule has 1 heterocycles. The molecule has 2 aliphatic carbocycles. The minimum Gasteiger partial charge on any atom is -0.349 e. The maximum Gasteiger partial charge on any atom is 0.251 e. The van der Waals surface area contributed by atoms with Crippen molar-refractivity contribution in [2.45, 2.75) is 38.6 Å². The zero-order valence-electron chi connectivity index (χ0n) is 11.4. The van der Waals surface area contributed by atoms with Gasteiger partial charge >= 0.3 is 0 Å². The Balaban J connectivity index is 1.66. The smallest absolute Gasteiger partial charge is 0.251 e. The van der Waals surface area contributed by atoms with E-state index < -0.39 is 0 Å². The van der Waals surface area contributed by atoms with Crippen LogP contribution in [-0.2, 0) is 0 Å². The van der Waals surface area contributed by atoms with Crippen molar-refractivity contribution in [3.05, 3.63) is 28.0 Å². The van der Waals surface area contributed by atoms with Gasteiger partial charge in [-0.1, -0.05) is 29.6 Å². The molecule has 1 aromatic rings. The molecule has 0 spiro atoms. The first kappa shape index (κ1) is 14.2. The van der Waals surface area contributed by atoms with Crippen LogP contribution in [0.15, 0.2) is 12.1 Å². The normalized spacial score (nSPS) is 29.4. The molecule has 2 bridgehead atoms. The summed E-state index contributed by atoms with van der Waals surface area (Å²) in [6.45, 7) is 2.10. The van der Waals surface area contributed by atoms with Crippen molar-refractivity contribution in [1.82, 2.24) is 10.3 Å². The standard InChI is InChI=1S/C15H18Cl2N2O/c1-8(12-5-9-2-3-10(12)4-9)18-15(20)11-6-13(16)19-14(17)7-11/h6-10,12H,2-5H2,1H3,(H,18,20)/t8-,9+,10+,12-/m1/s1. The van der Waals surface area contributed by atoms with Gasteiger partial charge in [0.05, 0.1) is 0 Å². The molecular weight excluding hydrogens is 295 g/mol. The van der Waals surface area contributed by atoms with E-state index in [1.807, 2.05) is 0 Å². The Morgan fingerprint density at radius 3 is 2.55 bits per heavy atom. The fourth-order valence-corrected chi connectivity index (χ4v) is 4.36. The van der Waals surface area contributed by atoms with E-state index in [0.29, 0.717) is 11.5 Å². The van der Waals surface area contributed by atoms with Gasteiger partial charge in [0.25, 0.3) is 5.91 Å². The summed E-state index contributed by atoms with van der Waals surface area (Å²) in [5.74, 6) is 2.17. The van der Waals surface area contributed by atoms with Crippen LogP contribution in [0.5, 0.6) is 0 Å². The highest BCUT2D eigenvalue weighted by Gasteiger charge is 2.42. The molecule has 1 amide bonds. The summed E-state index contributed by atoms with van der Waals surface area (Å²) in [6, 6.07) is 3.30. The molecule has 4 atom stereocenters. The van der Waals surface area contributed by atoms with Crippen LogP contribution in [0.4, 0.5) is 0 Å². The molecule has 0 aromatic carbocycles. The third-order valence-electron chi connectivity index (χ3n) is 4.82. The van der Waals surface area contributed by atoms with E-state index in [9.17, 15) is 4.79 Å². The quantitative estimate of drug-likeness (QED) is 0.859. The first-order chi connectivity index (χ1) is 9.52. The van der Waals surface area contributed by atoms with E-state index in [2.05, 4.69) is 17.2 Å². The number of aromatic nitrogens is 1. The number of hydrogen-bond donors (Lipinski definition) is 1. The number of amides is 1. The third kappa shape index (κ3) is 2.79. The Bertz CT molecular complexity index is 514. The van der Waals surface area contributed by atoms with Gasteiger partial charge in [-0.15, -0.1) is 0 Å². The van der Waals surface area contributed by atoms with Gasteiger partial charge in [-0.3, -0.25) is 4.79 Å². The first-order valence-electron chi connectivity index (χ1n) is 7.17. The minimum absolute atomic E-state index is 0.119. The lowest BCUT2D eigenvalue weighted by molar-refractivity contribution is 0.0915. The van der Waals surface area contributed by atoms with Gasteiger partial charge in [0, 0.05) is 11.6 Å². The van der Waals surface area contributed by atoms with Crippen molar-refractivity contribution in [3.63, 3.8) is 0 Å². The highest BCUT2D eigenvalue weighted by Crippen LogP contribution is 2.49. The summed E-state index contributed by atoms with van der Waals surface area (Å²) >= 11 is 11.7. The van der Waals surface area contributed by atoms with E-state index in [4.69, 9.17) is 23.2 Å². The maximum absolute atomic E-state index is 12.3. The monoisotopic (exact) mass is 312 g/mol. The van der Waals surface area contributed by atoms with Gasteiger partial charge in [-0.05, 0) is 56.1 Å². The summed E-state index contributed by atoms with van der Waals surface area (Å²) < 4.78 is 0. The molecule has 2 aliphatic rings. The van der Waals surface area contributed by atoms with Crippen LogP contribution >= 0.6 is 23.2 Å². The largest absolute Gasteiger partial charge is 0.349 e. The zero-order chi connectivity index (χ0) is 14.3. The van der Waals surface area contributed by atoms with Crippen LogP contribution in [0.1, 0.15) is 43.0 Å². The molecule has 2 fully saturated rings. The number of fused-ring (bicyclic) bond motifs is 2. The number of carbonyl (C=O) groups is 1. The van der Waals surface area contributed by atoms with E-state index in [1.54, 1.807) is 12.1 Å². The summed E-state index contributed by atoms with van der Waals surface area (Å²) in [5.41, 5.74) is 0.477. The average molecular weight is 313 g/mol. The highest BCUT2D eigenvalue weighted by atomic mass is 35.5. The highest BCUT2D eigenvalue weighted by molar-refractivity contribution is 6.33. The molecule has 3 rings (SSSR count). The molecule has 3 nitrogen and oxygen atoms in total. The van der Waals surface area contributed by atoms with Gasteiger partial charge in [-0.2, -0.15) is 0 Å². The summed E-state index contributed by atoms with van der Waals surface area (Å²) in [4.78, 5) is 16.1. The summed E-state index contributed by atoms with van der Waals surface area (Å²) in [5, 5.41) is 3.58. The zero-order valence-corrected chi connectivity index (χ0v) is 12.9.